The third-order valence-electron chi connectivity index (χ3n) is 4.26. The van der Waals surface area contributed by atoms with Crippen molar-refractivity contribution in [3.05, 3.63) is 35.4 Å². The maximum absolute atomic E-state index is 12.1. The smallest absolute Gasteiger partial charge is 0.221 e. The molecule has 1 fully saturated rings. The van der Waals surface area contributed by atoms with E-state index in [1.165, 1.54) is 30.8 Å². The summed E-state index contributed by atoms with van der Waals surface area (Å²) < 4.78 is 24.2. The van der Waals surface area contributed by atoms with Crippen molar-refractivity contribution in [2.24, 2.45) is 0 Å². The summed E-state index contributed by atoms with van der Waals surface area (Å²) in [5.74, 6) is -0.266. The molecular weight excluding hydrogens is 312 g/mol. The molecule has 1 aromatic carbocycles. The maximum Gasteiger partial charge on any atom is 0.221 e. The molecule has 0 radical (unpaired) electrons. The van der Waals surface area contributed by atoms with E-state index in [2.05, 4.69) is 5.32 Å². The molecule has 1 aliphatic rings. The molecule has 5 nitrogen and oxygen atoms in total. The quantitative estimate of drug-likeness (QED) is 0.706. The van der Waals surface area contributed by atoms with Crippen molar-refractivity contribution in [3.63, 3.8) is 0 Å². The lowest BCUT2D eigenvalue weighted by Gasteiger charge is -2.12. The van der Waals surface area contributed by atoms with Crippen molar-refractivity contribution in [1.29, 1.82) is 0 Å². The highest BCUT2D eigenvalue weighted by molar-refractivity contribution is 7.90. The van der Waals surface area contributed by atoms with Gasteiger partial charge in [-0.2, -0.15) is 0 Å². The molecule has 1 heterocycles. The highest BCUT2D eigenvalue weighted by atomic mass is 32.2. The third kappa shape index (κ3) is 6.71. The number of nitrogens with one attached hydrogen (secondary N) is 2. The zero-order valence-corrected chi connectivity index (χ0v) is 14.6. The lowest BCUT2D eigenvalue weighted by molar-refractivity contribution is -0.886. The fourth-order valence-corrected chi connectivity index (χ4v) is 4.19. The Morgan fingerprint density at radius 3 is 2.48 bits per heavy atom. The van der Waals surface area contributed by atoms with Crippen LogP contribution in [0.25, 0.3) is 0 Å². The summed E-state index contributed by atoms with van der Waals surface area (Å²) in [6.07, 6.45) is 2.57. The number of hydrogen-bond donors (Lipinski definition) is 2. The number of likely N-dealkylation sites (tertiary alicyclic amines) is 1. The summed E-state index contributed by atoms with van der Waals surface area (Å²) >= 11 is 0. The van der Waals surface area contributed by atoms with Crippen LogP contribution in [0.4, 0.5) is 0 Å². The van der Waals surface area contributed by atoms with Gasteiger partial charge in [-0.05, 0) is 12.5 Å². The standard InChI is InChI=1S/C17H26N2O3S/c1-15-4-6-16(7-5-15)14-23(21,22)13-8-17(20)18-9-12-19-10-2-3-11-19/h4-7H,2-3,8-14H2,1H3,(H,18,20)/p+1. The van der Waals surface area contributed by atoms with Gasteiger partial charge in [-0.25, -0.2) is 8.42 Å². The molecule has 128 valence electrons. The second kappa shape index (κ2) is 8.45. The van der Waals surface area contributed by atoms with Crippen LogP contribution in [-0.2, 0) is 20.4 Å². The molecule has 1 aromatic rings. The molecule has 0 unspecified atom stereocenters. The molecule has 23 heavy (non-hydrogen) atoms. The molecule has 0 spiro atoms. The van der Waals surface area contributed by atoms with Gasteiger partial charge in [-0.15, -0.1) is 0 Å². The number of carbonyl (C=O) groups is 1. The molecule has 0 aliphatic carbocycles. The molecule has 2 rings (SSSR count). The van der Waals surface area contributed by atoms with E-state index >= 15 is 0 Å². The van der Waals surface area contributed by atoms with Crippen LogP contribution in [0.2, 0.25) is 0 Å². The minimum absolute atomic E-state index is 0.00150. The lowest BCUT2D eigenvalue weighted by atomic mass is 10.2. The van der Waals surface area contributed by atoms with Crippen LogP contribution in [0.5, 0.6) is 0 Å². The number of sulfone groups is 1. The van der Waals surface area contributed by atoms with E-state index in [1.54, 1.807) is 0 Å². The molecule has 0 bridgehead atoms. The molecule has 1 amide bonds. The predicted molar refractivity (Wildman–Crippen MR) is 91.1 cm³/mol. The van der Waals surface area contributed by atoms with Crippen molar-refractivity contribution in [2.45, 2.75) is 31.9 Å². The normalized spacial score (nSPS) is 15.7. The average Bonchev–Trinajstić information content (AvgIpc) is 3.01. The van der Waals surface area contributed by atoms with Gasteiger partial charge in [-0.1, -0.05) is 29.8 Å². The molecule has 1 saturated heterocycles. The van der Waals surface area contributed by atoms with Crippen LogP contribution in [0.3, 0.4) is 0 Å². The number of benzene rings is 1. The molecule has 1 aliphatic heterocycles. The van der Waals surface area contributed by atoms with Crippen LogP contribution in [0.1, 0.15) is 30.4 Å². The topological polar surface area (TPSA) is 67.7 Å². The molecular formula is C17H27N2O3S+. The van der Waals surface area contributed by atoms with Crippen LogP contribution in [0, 0.1) is 6.92 Å². The van der Waals surface area contributed by atoms with E-state index in [4.69, 9.17) is 0 Å². The van der Waals surface area contributed by atoms with E-state index < -0.39 is 9.84 Å². The number of hydrogen-bond acceptors (Lipinski definition) is 3. The fraction of sp³-hybridized carbons (Fsp3) is 0.588. The van der Waals surface area contributed by atoms with E-state index in [1.807, 2.05) is 31.2 Å². The van der Waals surface area contributed by atoms with Gasteiger partial charge in [0.2, 0.25) is 5.91 Å². The number of amides is 1. The Balaban J connectivity index is 1.68. The van der Waals surface area contributed by atoms with Crippen molar-refractivity contribution in [3.8, 4) is 0 Å². The molecule has 0 atom stereocenters. The molecule has 6 heteroatoms. The summed E-state index contributed by atoms with van der Waals surface area (Å²) in [7, 11) is -3.25. The molecule has 0 saturated carbocycles. The zero-order valence-electron chi connectivity index (χ0n) is 13.8. The average molecular weight is 339 g/mol. The van der Waals surface area contributed by atoms with E-state index in [9.17, 15) is 13.2 Å². The summed E-state index contributed by atoms with van der Waals surface area (Å²) in [5, 5.41) is 2.83. The molecule has 2 N–H and O–H groups in total. The van der Waals surface area contributed by atoms with Crippen molar-refractivity contribution >= 4 is 15.7 Å². The highest BCUT2D eigenvalue weighted by Gasteiger charge is 2.16. The minimum Gasteiger partial charge on any atom is -0.350 e. The summed E-state index contributed by atoms with van der Waals surface area (Å²) in [4.78, 5) is 13.3. The summed E-state index contributed by atoms with van der Waals surface area (Å²) in [6.45, 7) is 5.89. The Kier molecular flexibility index (Phi) is 6.59. The second-order valence-electron chi connectivity index (χ2n) is 6.38. The number of quaternary nitrogens is 1. The number of rotatable bonds is 8. The van der Waals surface area contributed by atoms with Gasteiger partial charge in [0.05, 0.1) is 37.7 Å². The van der Waals surface area contributed by atoms with Gasteiger partial charge in [0.25, 0.3) is 0 Å². The van der Waals surface area contributed by atoms with Crippen LogP contribution >= 0.6 is 0 Å². The van der Waals surface area contributed by atoms with E-state index in [-0.39, 0.29) is 23.8 Å². The van der Waals surface area contributed by atoms with Crippen molar-refractivity contribution in [2.75, 3.05) is 31.9 Å². The van der Waals surface area contributed by atoms with Gasteiger partial charge in [0.15, 0.2) is 9.84 Å². The van der Waals surface area contributed by atoms with E-state index in [0.717, 1.165) is 17.7 Å². The minimum atomic E-state index is -3.25. The van der Waals surface area contributed by atoms with Crippen LogP contribution in [0.15, 0.2) is 24.3 Å². The SMILES string of the molecule is Cc1ccc(CS(=O)(=O)CCC(=O)NCC[NH+]2CCCC2)cc1. The van der Waals surface area contributed by atoms with Gasteiger partial charge < -0.3 is 10.2 Å². The lowest BCUT2D eigenvalue weighted by Crippen LogP contribution is -3.10. The predicted octanol–water partition coefficient (Wildman–Crippen LogP) is 0.0948. The summed E-state index contributed by atoms with van der Waals surface area (Å²) in [6, 6.07) is 7.45. The summed E-state index contributed by atoms with van der Waals surface area (Å²) in [5.41, 5.74) is 1.87. The second-order valence-corrected chi connectivity index (χ2v) is 8.57. The van der Waals surface area contributed by atoms with Gasteiger partial charge in [-0.3, -0.25) is 4.79 Å². The van der Waals surface area contributed by atoms with E-state index in [0.29, 0.717) is 6.54 Å². The number of carbonyl (C=O) groups excluding carboxylic acids is 1. The first-order chi connectivity index (χ1) is 10.9. The first-order valence-electron chi connectivity index (χ1n) is 8.31. The monoisotopic (exact) mass is 339 g/mol. The first kappa shape index (κ1) is 17.9. The Hall–Kier alpha value is -1.40. The van der Waals surface area contributed by atoms with Gasteiger partial charge in [0, 0.05) is 19.3 Å². The van der Waals surface area contributed by atoms with Gasteiger partial charge in [0.1, 0.15) is 0 Å². The highest BCUT2D eigenvalue weighted by Crippen LogP contribution is 2.09. The van der Waals surface area contributed by atoms with Gasteiger partial charge >= 0.3 is 0 Å². The van der Waals surface area contributed by atoms with Crippen LogP contribution in [-0.4, -0.2) is 46.3 Å². The Morgan fingerprint density at radius 2 is 1.83 bits per heavy atom. The third-order valence-corrected chi connectivity index (χ3v) is 5.86. The Morgan fingerprint density at radius 1 is 1.17 bits per heavy atom. The Bertz CT molecular complexity index is 605. The fourth-order valence-electron chi connectivity index (χ4n) is 2.85. The largest absolute Gasteiger partial charge is 0.350 e. The van der Waals surface area contributed by atoms with Crippen LogP contribution < -0.4 is 10.2 Å². The Labute approximate surface area is 139 Å². The first-order valence-corrected chi connectivity index (χ1v) is 10.1. The van der Waals surface area contributed by atoms with Crippen molar-refractivity contribution in [1.82, 2.24) is 5.32 Å². The molecule has 0 aromatic heterocycles. The zero-order chi connectivity index (χ0) is 16.7. The van der Waals surface area contributed by atoms with Crippen molar-refractivity contribution < 1.29 is 18.1 Å². The maximum atomic E-state index is 12.1. The number of aryl methyl sites for hydroxylation is 1.